The number of nitrogens with one attached hydrogen (secondary N) is 1. The van der Waals surface area contributed by atoms with E-state index in [1.165, 1.54) is 6.07 Å². The standard InChI is InChI=1S/C23H27FN2O2/c1-15-11-16(2)13-19(12-15)23(28)26-10-6-7-18(14-26)22(27)25-17(3)20-8-4-5-9-21(20)24/h4-5,8-9,11-13,17-18H,6-7,10,14H2,1-3H3,(H,25,27). The molecule has 0 saturated carbocycles. The topological polar surface area (TPSA) is 49.4 Å². The number of rotatable bonds is 4. The predicted molar refractivity (Wildman–Crippen MR) is 108 cm³/mol. The molecule has 28 heavy (non-hydrogen) atoms. The number of carbonyl (C=O) groups is 2. The first-order valence-electron chi connectivity index (χ1n) is 9.77. The van der Waals surface area contributed by atoms with E-state index < -0.39 is 6.04 Å². The first-order chi connectivity index (χ1) is 13.3. The Bertz CT molecular complexity index is 860. The number of amides is 2. The molecule has 3 rings (SSSR count). The van der Waals surface area contributed by atoms with E-state index in [0.29, 0.717) is 24.2 Å². The fourth-order valence-electron chi connectivity index (χ4n) is 3.89. The summed E-state index contributed by atoms with van der Waals surface area (Å²) in [6, 6.07) is 11.8. The fourth-order valence-corrected chi connectivity index (χ4v) is 3.89. The van der Waals surface area contributed by atoms with Crippen molar-refractivity contribution in [1.82, 2.24) is 10.2 Å². The normalized spacial score (nSPS) is 17.9. The summed E-state index contributed by atoms with van der Waals surface area (Å²) < 4.78 is 13.9. The van der Waals surface area contributed by atoms with E-state index in [2.05, 4.69) is 5.32 Å². The highest BCUT2D eigenvalue weighted by atomic mass is 19.1. The smallest absolute Gasteiger partial charge is 0.253 e. The molecule has 5 heteroatoms. The number of piperidine rings is 1. The van der Waals surface area contributed by atoms with Gasteiger partial charge in [0.15, 0.2) is 0 Å². The largest absolute Gasteiger partial charge is 0.349 e. The molecule has 4 nitrogen and oxygen atoms in total. The van der Waals surface area contributed by atoms with E-state index in [-0.39, 0.29) is 23.5 Å². The van der Waals surface area contributed by atoms with Gasteiger partial charge in [-0.3, -0.25) is 9.59 Å². The molecular formula is C23H27FN2O2. The summed E-state index contributed by atoms with van der Waals surface area (Å²) in [7, 11) is 0. The molecule has 1 heterocycles. The number of halogens is 1. The van der Waals surface area contributed by atoms with Crippen LogP contribution >= 0.6 is 0 Å². The van der Waals surface area contributed by atoms with Crippen LogP contribution < -0.4 is 5.32 Å². The van der Waals surface area contributed by atoms with E-state index in [1.54, 1.807) is 30.0 Å². The van der Waals surface area contributed by atoms with Gasteiger partial charge in [-0.25, -0.2) is 4.39 Å². The third kappa shape index (κ3) is 4.58. The van der Waals surface area contributed by atoms with Gasteiger partial charge in [-0.05, 0) is 51.8 Å². The minimum Gasteiger partial charge on any atom is -0.349 e. The van der Waals surface area contributed by atoms with Crippen molar-refractivity contribution in [2.24, 2.45) is 5.92 Å². The van der Waals surface area contributed by atoms with Crippen molar-refractivity contribution in [2.75, 3.05) is 13.1 Å². The van der Waals surface area contributed by atoms with Crippen molar-refractivity contribution in [2.45, 2.75) is 39.7 Å². The Morgan fingerprint density at radius 3 is 2.50 bits per heavy atom. The van der Waals surface area contributed by atoms with Crippen LogP contribution in [0.4, 0.5) is 4.39 Å². The summed E-state index contributed by atoms with van der Waals surface area (Å²) in [5.74, 6) is -0.775. The molecule has 1 aliphatic heterocycles. The molecular weight excluding hydrogens is 355 g/mol. The zero-order chi connectivity index (χ0) is 20.3. The Balaban J connectivity index is 1.66. The lowest BCUT2D eigenvalue weighted by Gasteiger charge is -2.33. The number of benzene rings is 2. The minimum absolute atomic E-state index is 0.0357. The molecule has 1 N–H and O–H groups in total. The number of aryl methyl sites for hydroxylation is 2. The van der Waals surface area contributed by atoms with Gasteiger partial charge in [0, 0.05) is 24.2 Å². The van der Waals surface area contributed by atoms with E-state index in [0.717, 1.165) is 24.0 Å². The van der Waals surface area contributed by atoms with Gasteiger partial charge in [0.05, 0.1) is 12.0 Å². The second kappa shape index (κ2) is 8.55. The maximum Gasteiger partial charge on any atom is 0.253 e. The zero-order valence-corrected chi connectivity index (χ0v) is 16.7. The summed E-state index contributed by atoms with van der Waals surface area (Å²) in [4.78, 5) is 27.4. The van der Waals surface area contributed by atoms with E-state index >= 15 is 0 Å². The molecule has 2 amide bonds. The first-order valence-corrected chi connectivity index (χ1v) is 9.77. The molecule has 0 aliphatic carbocycles. The molecule has 2 atom stereocenters. The molecule has 0 radical (unpaired) electrons. The van der Waals surface area contributed by atoms with Crippen molar-refractivity contribution in [3.63, 3.8) is 0 Å². The lowest BCUT2D eigenvalue weighted by molar-refractivity contribution is -0.127. The second-order valence-corrected chi connectivity index (χ2v) is 7.72. The van der Waals surface area contributed by atoms with Gasteiger partial charge < -0.3 is 10.2 Å². The van der Waals surface area contributed by atoms with Crippen LogP contribution in [0.15, 0.2) is 42.5 Å². The van der Waals surface area contributed by atoms with E-state index in [9.17, 15) is 14.0 Å². The van der Waals surface area contributed by atoms with E-state index in [1.807, 2.05) is 32.0 Å². The SMILES string of the molecule is Cc1cc(C)cc(C(=O)N2CCCC(C(=O)NC(C)c3ccccc3F)C2)c1. The highest BCUT2D eigenvalue weighted by Crippen LogP contribution is 2.22. The van der Waals surface area contributed by atoms with Crippen LogP contribution in [0.3, 0.4) is 0 Å². The highest BCUT2D eigenvalue weighted by molar-refractivity contribution is 5.95. The maximum atomic E-state index is 13.9. The molecule has 1 saturated heterocycles. The quantitative estimate of drug-likeness (QED) is 0.863. The Kier molecular flexibility index (Phi) is 6.12. The van der Waals surface area contributed by atoms with Crippen molar-refractivity contribution in [3.05, 3.63) is 70.5 Å². The Hall–Kier alpha value is -2.69. The summed E-state index contributed by atoms with van der Waals surface area (Å²) in [6.07, 6.45) is 1.51. The maximum absolute atomic E-state index is 13.9. The second-order valence-electron chi connectivity index (χ2n) is 7.72. The molecule has 0 bridgehead atoms. The fraction of sp³-hybridized carbons (Fsp3) is 0.391. The summed E-state index contributed by atoms with van der Waals surface area (Å²) in [6.45, 7) is 6.76. The lowest BCUT2D eigenvalue weighted by Crippen LogP contribution is -2.46. The van der Waals surface area contributed by atoms with Gasteiger partial charge in [0.25, 0.3) is 5.91 Å². The summed E-state index contributed by atoms with van der Waals surface area (Å²) in [5.41, 5.74) is 3.23. The number of carbonyl (C=O) groups excluding carboxylic acids is 2. The number of likely N-dealkylation sites (tertiary alicyclic amines) is 1. The monoisotopic (exact) mass is 382 g/mol. The molecule has 2 unspecified atom stereocenters. The van der Waals surface area contributed by atoms with Crippen LogP contribution in [0, 0.1) is 25.6 Å². The lowest BCUT2D eigenvalue weighted by atomic mass is 9.95. The summed E-state index contributed by atoms with van der Waals surface area (Å²) >= 11 is 0. The molecule has 2 aromatic carbocycles. The predicted octanol–water partition coefficient (Wildman–Crippen LogP) is 4.17. The number of nitrogens with zero attached hydrogens (tertiary/aromatic N) is 1. The molecule has 1 aliphatic rings. The average molecular weight is 382 g/mol. The average Bonchev–Trinajstić information content (AvgIpc) is 2.67. The number of hydrogen-bond donors (Lipinski definition) is 1. The van der Waals surface area contributed by atoms with Gasteiger partial charge in [0.1, 0.15) is 5.82 Å². The third-order valence-corrected chi connectivity index (χ3v) is 5.28. The molecule has 0 aromatic heterocycles. The van der Waals surface area contributed by atoms with Crippen LogP contribution in [0.25, 0.3) is 0 Å². The van der Waals surface area contributed by atoms with Crippen molar-refractivity contribution < 1.29 is 14.0 Å². The van der Waals surface area contributed by atoms with Gasteiger partial charge in [0.2, 0.25) is 5.91 Å². The minimum atomic E-state index is -0.417. The van der Waals surface area contributed by atoms with Gasteiger partial charge in [-0.15, -0.1) is 0 Å². The van der Waals surface area contributed by atoms with E-state index in [4.69, 9.17) is 0 Å². The van der Waals surface area contributed by atoms with Gasteiger partial charge in [-0.1, -0.05) is 35.4 Å². The molecule has 148 valence electrons. The van der Waals surface area contributed by atoms with Gasteiger partial charge in [-0.2, -0.15) is 0 Å². The Morgan fingerprint density at radius 2 is 1.82 bits per heavy atom. The van der Waals surface area contributed by atoms with Crippen LogP contribution in [-0.4, -0.2) is 29.8 Å². The third-order valence-electron chi connectivity index (χ3n) is 5.28. The molecule has 1 fully saturated rings. The number of hydrogen-bond acceptors (Lipinski definition) is 2. The Labute approximate surface area is 165 Å². The molecule has 0 spiro atoms. The molecule has 2 aromatic rings. The van der Waals surface area contributed by atoms with Crippen LogP contribution in [0.2, 0.25) is 0 Å². The first kappa shape index (κ1) is 20.1. The van der Waals surface area contributed by atoms with Crippen molar-refractivity contribution in [1.29, 1.82) is 0 Å². The Morgan fingerprint density at radius 1 is 1.14 bits per heavy atom. The highest BCUT2D eigenvalue weighted by Gasteiger charge is 2.30. The van der Waals surface area contributed by atoms with Crippen molar-refractivity contribution in [3.8, 4) is 0 Å². The summed E-state index contributed by atoms with van der Waals surface area (Å²) in [5, 5.41) is 2.91. The van der Waals surface area contributed by atoms with Crippen LogP contribution in [0.5, 0.6) is 0 Å². The zero-order valence-electron chi connectivity index (χ0n) is 16.7. The van der Waals surface area contributed by atoms with Crippen LogP contribution in [-0.2, 0) is 4.79 Å². The van der Waals surface area contributed by atoms with Crippen LogP contribution in [0.1, 0.15) is 52.9 Å². The van der Waals surface area contributed by atoms with Crippen molar-refractivity contribution >= 4 is 11.8 Å². The van der Waals surface area contributed by atoms with Gasteiger partial charge >= 0.3 is 0 Å².